The molecule has 0 saturated carbocycles. The van der Waals surface area contributed by atoms with E-state index in [9.17, 15) is 0 Å². The molecule has 128 valence electrons. The molecule has 5 nitrogen and oxygen atoms in total. The van der Waals surface area contributed by atoms with Crippen LogP contribution in [0.3, 0.4) is 0 Å². The van der Waals surface area contributed by atoms with Crippen molar-refractivity contribution in [3.63, 3.8) is 0 Å². The third-order valence-electron chi connectivity index (χ3n) is 3.66. The minimum absolute atomic E-state index is 0.632. The quantitative estimate of drug-likeness (QED) is 0.626. The molecule has 0 fully saturated rings. The van der Waals surface area contributed by atoms with E-state index in [0.717, 1.165) is 43.3 Å². The van der Waals surface area contributed by atoms with Crippen LogP contribution >= 0.6 is 0 Å². The maximum atomic E-state index is 8.78. The van der Waals surface area contributed by atoms with Crippen LogP contribution in [0.25, 0.3) is 0 Å². The minimum atomic E-state index is 0.632. The molecule has 0 unspecified atom stereocenters. The Kier molecular flexibility index (Phi) is 7.34. The van der Waals surface area contributed by atoms with E-state index in [-0.39, 0.29) is 0 Å². The Bertz CT molecular complexity index is 643. The van der Waals surface area contributed by atoms with E-state index >= 15 is 0 Å². The molecule has 2 rings (SSSR count). The van der Waals surface area contributed by atoms with Crippen molar-refractivity contribution in [2.24, 2.45) is 0 Å². The second kappa shape index (κ2) is 9.76. The second-order valence-electron chi connectivity index (χ2n) is 5.62. The standard InChI is InChI=1S/C19H24N2O3/c1-16-4-7-19(24-16)15-21(11-13-22-2)10-3-12-23-18-8-5-17(14-20)6-9-18/h4-9H,3,10-13,15H2,1-2H3. The molecule has 1 aromatic heterocycles. The first-order valence-corrected chi connectivity index (χ1v) is 8.11. The molecule has 0 saturated heterocycles. The van der Waals surface area contributed by atoms with Gasteiger partial charge in [-0.25, -0.2) is 0 Å². The lowest BCUT2D eigenvalue weighted by atomic mass is 10.2. The highest BCUT2D eigenvalue weighted by molar-refractivity contribution is 5.34. The van der Waals surface area contributed by atoms with Gasteiger partial charge in [-0.2, -0.15) is 5.26 Å². The summed E-state index contributed by atoms with van der Waals surface area (Å²) in [5.41, 5.74) is 0.641. The van der Waals surface area contributed by atoms with Crippen molar-refractivity contribution in [2.45, 2.75) is 19.9 Å². The zero-order valence-electron chi connectivity index (χ0n) is 14.3. The highest BCUT2D eigenvalue weighted by Crippen LogP contribution is 2.13. The zero-order valence-corrected chi connectivity index (χ0v) is 14.3. The van der Waals surface area contributed by atoms with Gasteiger partial charge in [0.2, 0.25) is 0 Å². The van der Waals surface area contributed by atoms with Crippen molar-refractivity contribution in [1.29, 1.82) is 5.26 Å². The fourth-order valence-corrected chi connectivity index (χ4v) is 2.38. The molecule has 5 heteroatoms. The molecule has 0 atom stereocenters. The van der Waals surface area contributed by atoms with E-state index < -0.39 is 0 Å². The van der Waals surface area contributed by atoms with E-state index in [1.807, 2.05) is 31.2 Å². The Morgan fingerprint density at radius 3 is 2.50 bits per heavy atom. The maximum absolute atomic E-state index is 8.78. The smallest absolute Gasteiger partial charge is 0.119 e. The van der Waals surface area contributed by atoms with Crippen molar-refractivity contribution >= 4 is 0 Å². The number of benzene rings is 1. The average molecular weight is 328 g/mol. The topological polar surface area (TPSA) is 58.6 Å². The van der Waals surface area contributed by atoms with E-state index in [0.29, 0.717) is 18.8 Å². The Morgan fingerprint density at radius 2 is 1.88 bits per heavy atom. The van der Waals surface area contributed by atoms with Gasteiger partial charge >= 0.3 is 0 Å². The van der Waals surface area contributed by atoms with Gasteiger partial charge in [-0.15, -0.1) is 0 Å². The van der Waals surface area contributed by atoms with Crippen LogP contribution in [0.2, 0.25) is 0 Å². The highest BCUT2D eigenvalue weighted by Gasteiger charge is 2.08. The number of nitriles is 1. The number of hydrogen-bond donors (Lipinski definition) is 0. The van der Waals surface area contributed by atoms with Crippen molar-refractivity contribution in [2.75, 3.05) is 33.4 Å². The molecule has 0 aliphatic carbocycles. The third-order valence-corrected chi connectivity index (χ3v) is 3.66. The molecule has 1 aromatic carbocycles. The zero-order chi connectivity index (χ0) is 17.2. The number of aryl methyl sites for hydroxylation is 1. The van der Waals surface area contributed by atoms with Gasteiger partial charge in [0, 0.05) is 20.2 Å². The SMILES string of the molecule is COCCN(CCCOc1ccc(C#N)cc1)Cc1ccc(C)o1. The lowest BCUT2D eigenvalue weighted by Gasteiger charge is -2.20. The molecule has 0 bridgehead atoms. The number of methoxy groups -OCH3 is 1. The molecule has 0 N–H and O–H groups in total. The molecule has 0 aliphatic heterocycles. The summed E-state index contributed by atoms with van der Waals surface area (Å²) >= 11 is 0. The fraction of sp³-hybridized carbons (Fsp3) is 0.421. The maximum Gasteiger partial charge on any atom is 0.119 e. The van der Waals surface area contributed by atoms with E-state index in [2.05, 4.69) is 11.0 Å². The summed E-state index contributed by atoms with van der Waals surface area (Å²) in [5.74, 6) is 2.69. The van der Waals surface area contributed by atoms with Crippen LogP contribution in [0.4, 0.5) is 0 Å². The summed E-state index contributed by atoms with van der Waals surface area (Å²) in [5, 5.41) is 8.78. The van der Waals surface area contributed by atoms with Gasteiger partial charge < -0.3 is 13.9 Å². The van der Waals surface area contributed by atoms with E-state index in [4.69, 9.17) is 19.2 Å². The number of rotatable bonds is 10. The van der Waals surface area contributed by atoms with Crippen LogP contribution in [-0.2, 0) is 11.3 Å². The van der Waals surface area contributed by atoms with Gasteiger partial charge in [0.1, 0.15) is 17.3 Å². The van der Waals surface area contributed by atoms with Crippen molar-refractivity contribution in [3.8, 4) is 11.8 Å². The van der Waals surface area contributed by atoms with Crippen LogP contribution in [0.5, 0.6) is 5.75 Å². The molecular weight excluding hydrogens is 304 g/mol. The number of nitrogens with zero attached hydrogens (tertiary/aromatic N) is 2. The van der Waals surface area contributed by atoms with Crippen LogP contribution in [-0.4, -0.2) is 38.3 Å². The summed E-state index contributed by atoms with van der Waals surface area (Å²) < 4.78 is 16.6. The molecule has 2 aromatic rings. The molecule has 0 radical (unpaired) electrons. The first kappa shape index (κ1) is 18.1. The number of ether oxygens (including phenoxy) is 2. The Labute approximate surface area is 143 Å². The first-order chi connectivity index (χ1) is 11.7. The Morgan fingerprint density at radius 1 is 1.08 bits per heavy atom. The van der Waals surface area contributed by atoms with Gasteiger partial charge in [-0.3, -0.25) is 4.90 Å². The lowest BCUT2D eigenvalue weighted by Crippen LogP contribution is -2.28. The molecule has 1 heterocycles. The van der Waals surface area contributed by atoms with Crippen LogP contribution in [0, 0.1) is 18.3 Å². The Balaban J connectivity index is 1.75. The molecule has 0 spiro atoms. The van der Waals surface area contributed by atoms with E-state index in [1.54, 1.807) is 19.2 Å². The highest BCUT2D eigenvalue weighted by atomic mass is 16.5. The van der Waals surface area contributed by atoms with Crippen molar-refractivity contribution in [3.05, 3.63) is 53.5 Å². The van der Waals surface area contributed by atoms with Crippen LogP contribution < -0.4 is 4.74 Å². The Hall–Kier alpha value is -2.29. The molecule has 24 heavy (non-hydrogen) atoms. The molecule has 0 aliphatic rings. The summed E-state index contributed by atoms with van der Waals surface area (Å²) in [6.45, 7) is 5.80. The second-order valence-corrected chi connectivity index (χ2v) is 5.62. The van der Waals surface area contributed by atoms with Crippen LogP contribution in [0.1, 0.15) is 23.5 Å². The predicted octanol–water partition coefficient (Wildman–Crippen LogP) is 3.38. The minimum Gasteiger partial charge on any atom is -0.494 e. The average Bonchev–Trinajstić information content (AvgIpc) is 3.01. The number of furan rings is 1. The number of hydrogen-bond acceptors (Lipinski definition) is 5. The fourth-order valence-electron chi connectivity index (χ4n) is 2.38. The largest absolute Gasteiger partial charge is 0.494 e. The van der Waals surface area contributed by atoms with Gasteiger partial charge in [0.05, 0.1) is 31.4 Å². The summed E-state index contributed by atoms with van der Waals surface area (Å²) in [4.78, 5) is 2.30. The van der Waals surface area contributed by atoms with Crippen molar-refractivity contribution < 1.29 is 13.9 Å². The van der Waals surface area contributed by atoms with Gasteiger partial charge in [0.15, 0.2) is 0 Å². The summed E-state index contributed by atoms with van der Waals surface area (Å²) in [7, 11) is 1.71. The first-order valence-electron chi connectivity index (χ1n) is 8.11. The normalized spacial score (nSPS) is 10.8. The van der Waals surface area contributed by atoms with Gasteiger partial charge in [0.25, 0.3) is 0 Å². The lowest BCUT2D eigenvalue weighted by molar-refractivity contribution is 0.133. The predicted molar refractivity (Wildman–Crippen MR) is 91.9 cm³/mol. The summed E-state index contributed by atoms with van der Waals surface area (Å²) in [6, 6.07) is 13.3. The monoisotopic (exact) mass is 328 g/mol. The van der Waals surface area contributed by atoms with Crippen molar-refractivity contribution in [1.82, 2.24) is 4.90 Å². The summed E-state index contributed by atoms with van der Waals surface area (Å²) in [6.07, 6.45) is 0.906. The van der Waals surface area contributed by atoms with Gasteiger partial charge in [-0.05, 0) is 49.7 Å². The molecular formula is C19H24N2O3. The van der Waals surface area contributed by atoms with Crippen LogP contribution in [0.15, 0.2) is 40.8 Å². The van der Waals surface area contributed by atoms with Gasteiger partial charge in [-0.1, -0.05) is 0 Å². The third kappa shape index (κ3) is 6.07. The molecule has 0 amide bonds. The van der Waals surface area contributed by atoms with E-state index in [1.165, 1.54) is 0 Å².